The van der Waals surface area contributed by atoms with Gasteiger partial charge in [0.15, 0.2) is 0 Å². The van der Waals surface area contributed by atoms with Crippen LogP contribution in [0.5, 0.6) is 0 Å². The highest BCUT2D eigenvalue weighted by Crippen LogP contribution is 2.64. The smallest absolute Gasteiger partial charge is 0.308 e. The SMILES string of the molecule is COC(=O)C1CC2(C1)CC(c1n[nH]c(=O)c3ccccc13)C2. The standard InChI is InChI=1S/C17H18N2O3/c1-22-16(21)11-8-17(9-11)6-10(7-17)14-12-4-2-3-5-13(12)15(20)19-18-14/h2-5,10-11H,6-9H2,1H3,(H,19,20). The number of hydrogen-bond donors (Lipinski definition) is 1. The van der Waals surface area contributed by atoms with Crippen LogP contribution in [0.25, 0.3) is 10.8 Å². The molecular formula is C17H18N2O3. The Hall–Kier alpha value is -2.17. The highest BCUT2D eigenvalue weighted by Gasteiger charge is 2.55. The molecule has 22 heavy (non-hydrogen) atoms. The zero-order chi connectivity index (χ0) is 15.3. The predicted octanol–water partition coefficient (Wildman–Crippen LogP) is 2.37. The van der Waals surface area contributed by atoms with Gasteiger partial charge in [0.1, 0.15) is 0 Å². The first-order valence-electron chi connectivity index (χ1n) is 7.67. The summed E-state index contributed by atoms with van der Waals surface area (Å²) in [7, 11) is 1.45. The molecular weight excluding hydrogens is 280 g/mol. The third-order valence-corrected chi connectivity index (χ3v) is 5.36. The van der Waals surface area contributed by atoms with Crippen molar-refractivity contribution in [3.05, 3.63) is 40.3 Å². The van der Waals surface area contributed by atoms with Crippen LogP contribution >= 0.6 is 0 Å². The van der Waals surface area contributed by atoms with E-state index in [-0.39, 0.29) is 17.4 Å². The molecule has 1 heterocycles. The topological polar surface area (TPSA) is 72.0 Å². The normalized spacial score (nSPS) is 29.9. The Kier molecular flexibility index (Phi) is 2.86. The Morgan fingerprint density at radius 3 is 2.59 bits per heavy atom. The van der Waals surface area contributed by atoms with Crippen LogP contribution in [0.15, 0.2) is 29.1 Å². The van der Waals surface area contributed by atoms with Crippen LogP contribution in [0.1, 0.15) is 37.3 Å². The molecule has 2 aromatic rings. The average molecular weight is 298 g/mol. The van der Waals surface area contributed by atoms with Crippen LogP contribution < -0.4 is 5.56 Å². The second-order valence-corrected chi connectivity index (χ2v) is 6.72. The molecule has 0 unspecified atom stereocenters. The van der Waals surface area contributed by atoms with E-state index in [2.05, 4.69) is 10.2 Å². The van der Waals surface area contributed by atoms with E-state index in [1.807, 2.05) is 24.3 Å². The number of nitrogens with one attached hydrogen (secondary N) is 1. The fourth-order valence-corrected chi connectivity index (χ4v) is 4.28. The maximum atomic E-state index is 11.8. The molecule has 5 heteroatoms. The van der Waals surface area contributed by atoms with Crippen molar-refractivity contribution in [2.24, 2.45) is 11.3 Å². The second kappa shape index (κ2) is 4.66. The fraction of sp³-hybridized carbons (Fsp3) is 0.471. The monoisotopic (exact) mass is 298 g/mol. The number of nitrogens with zero attached hydrogens (tertiary/aromatic N) is 1. The minimum atomic E-state index is -0.136. The molecule has 2 saturated carbocycles. The van der Waals surface area contributed by atoms with Gasteiger partial charge in [-0.25, -0.2) is 5.10 Å². The van der Waals surface area contributed by atoms with Crippen molar-refractivity contribution in [2.45, 2.75) is 31.6 Å². The summed E-state index contributed by atoms with van der Waals surface area (Å²) in [5.74, 6) is 0.369. The van der Waals surface area contributed by atoms with E-state index in [1.165, 1.54) is 7.11 Å². The highest BCUT2D eigenvalue weighted by molar-refractivity contribution is 5.84. The lowest BCUT2D eigenvalue weighted by atomic mass is 9.47. The van der Waals surface area contributed by atoms with Crippen LogP contribution in [0.2, 0.25) is 0 Å². The number of fused-ring (bicyclic) bond motifs is 1. The number of carbonyl (C=O) groups is 1. The van der Waals surface area contributed by atoms with E-state index in [4.69, 9.17) is 4.74 Å². The lowest BCUT2D eigenvalue weighted by molar-refractivity contribution is -0.159. The highest BCUT2D eigenvalue weighted by atomic mass is 16.5. The lowest BCUT2D eigenvalue weighted by Crippen LogP contribution is -2.49. The molecule has 0 radical (unpaired) electrons. The third kappa shape index (κ3) is 1.88. The summed E-state index contributed by atoms with van der Waals surface area (Å²) in [6, 6.07) is 7.62. The molecule has 2 aliphatic rings. The van der Waals surface area contributed by atoms with Gasteiger partial charge >= 0.3 is 5.97 Å². The number of hydrogen-bond acceptors (Lipinski definition) is 4. The number of benzene rings is 1. The summed E-state index contributed by atoms with van der Waals surface area (Å²) in [5, 5.41) is 8.56. The molecule has 0 amide bonds. The van der Waals surface area contributed by atoms with Gasteiger partial charge < -0.3 is 4.74 Å². The van der Waals surface area contributed by atoms with Crippen molar-refractivity contribution >= 4 is 16.7 Å². The van der Waals surface area contributed by atoms with Gasteiger partial charge in [0.05, 0.1) is 24.1 Å². The number of aromatic amines is 1. The van der Waals surface area contributed by atoms with E-state index in [0.29, 0.717) is 16.7 Å². The van der Waals surface area contributed by atoms with E-state index in [9.17, 15) is 9.59 Å². The molecule has 5 nitrogen and oxygen atoms in total. The molecule has 0 saturated heterocycles. The lowest BCUT2D eigenvalue weighted by Gasteiger charge is -2.56. The maximum Gasteiger partial charge on any atom is 0.308 e. The Morgan fingerprint density at radius 1 is 1.23 bits per heavy atom. The summed E-state index contributed by atoms with van der Waals surface area (Å²) in [6.07, 6.45) is 3.95. The molecule has 1 aromatic carbocycles. The summed E-state index contributed by atoms with van der Waals surface area (Å²) >= 11 is 0. The Bertz CT molecular complexity index is 797. The molecule has 4 rings (SSSR count). The van der Waals surface area contributed by atoms with Gasteiger partial charge in [-0.05, 0) is 37.2 Å². The van der Waals surface area contributed by atoms with Crippen LogP contribution in [0, 0.1) is 11.3 Å². The molecule has 0 atom stereocenters. The molecule has 1 N–H and O–H groups in total. The minimum absolute atomic E-state index is 0.0752. The molecule has 0 bridgehead atoms. The summed E-state index contributed by atoms with van der Waals surface area (Å²) in [6.45, 7) is 0. The molecule has 114 valence electrons. The van der Waals surface area contributed by atoms with Crippen molar-refractivity contribution in [2.75, 3.05) is 7.11 Å². The van der Waals surface area contributed by atoms with E-state index in [0.717, 1.165) is 36.8 Å². The Labute approximate surface area is 127 Å². The summed E-state index contributed by atoms with van der Waals surface area (Å²) in [5.41, 5.74) is 1.15. The summed E-state index contributed by atoms with van der Waals surface area (Å²) < 4.78 is 4.81. The molecule has 1 aromatic heterocycles. The van der Waals surface area contributed by atoms with E-state index in [1.54, 1.807) is 0 Å². The van der Waals surface area contributed by atoms with Gasteiger partial charge in [0.25, 0.3) is 5.56 Å². The van der Waals surface area contributed by atoms with Gasteiger partial charge in [-0.1, -0.05) is 18.2 Å². The van der Waals surface area contributed by atoms with Crippen LogP contribution in [0.3, 0.4) is 0 Å². The van der Waals surface area contributed by atoms with Gasteiger partial charge in [-0.3, -0.25) is 9.59 Å². The zero-order valence-corrected chi connectivity index (χ0v) is 12.5. The van der Waals surface area contributed by atoms with E-state index < -0.39 is 0 Å². The number of aromatic nitrogens is 2. The average Bonchev–Trinajstić information content (AvgIpc) is 2.46. The second-order valence-electron chi connectivity index (χ2n) is 6.72. The molecule has 2 fully saturated rings. The van der Waals surface area contributed by atoms with Crippen LogP contribution in [-0.2, 0) is 9.53 Å². The van der Waals surface area contributed by atoms with Crippen LogP contribution in [-0.4, -0.2) is 23.3 Å². The van der Waals surface area contributed by atoms with Crippen molar-refractivity contribution in [3.63, 3.8) is 0 Å². The number of esters is 1. The number of methoxy groups -OCH3 is 1. The molecule has 2 aliphatic carbocycles. The molecule has 0 aliphatic heterocycles. The Balaban J connectivity index is 1.54. The molecule has 1 spiro atoms. The Morgan fingerprint density at radius 2 is 1.91 bits per heavy atom. The number of carbonyl (C=O) groups excluding carboxylic acids is 1. The van der Waals surface area contributed by atoms with E-state index >= 15 is 0 Å². The van der Waals surface area contributed by atoms with Crippen LogP contribution in [0.4, 0.5) is 0 Å². The predicted molar refractivity (Wildman–Crippen MR) is 81.5 cm³/mol. The maximum absolute atomic E-state index is 11.8. The first-order chi connectivity index (χ1) is 10.6. The summed E-state index contributed by atoms with van der Waals surface area (Å²) in [4.78, 5) is 23.3. The first-order valence-corrected chi connectivity index (χ1v) is 7.67. The van der Waals surface area contributed by atoms with Gasteiger partial charge in [0.2, 0.25) is 0 Å². The van der Waals surface area contributed by atoms with Gasteiger partial charge in [-0.2, -0.15) is 5.10 Å². The first kappa shape index (κ1) is 13.5. The minimum Gasteiger partial charge on any atom is -0.469 e. The number of ether oxygens (including phenoxy) is 1. The fourth-order valence-electron chi connectivity index (χ4n) is 4.28. The van der Waals surface area contributed by atoms with Gasteiger partial charge in [-0.15, -0.1) is 0 Å². The number of rotatable bonds is 2. The number of H-pyrrole nitrogens is 1. The quantitative estimate of drug-likeness (QED) is 0.864. The van der Waals surface area contributed by atoms with Crippen molar-refractivity contribution in [3.8, 4) is 0 Å². The van der Waals surface area contributed by atoms with Crippen molar-refractivity contribution in [1.29, 1.82) is 0 Å². The van der Waals surface area contributed by atoms with Crippen molar-refractivity contribution < 1.29 is 9.53 Å². The van der Waals surface area contributed by atoms with Gasteiger partial charge in [0, 0.05) is 11.3 Å². The zero-order valence-electron chi connectivity index (χ0n) is 12.5. The third-order valence-electron chi connectivity index (χ3n) is 5.36. The largest absolute Gasteiger partial charge is 0.469 e. The van der Waals surface area contributed by atoms with Crippen molar-refractivity contribution in [1.82, 2.24) is 10.2 Å².